The Morgan fingerprint density at radius 1 is 1.45 bits per heavy atom. The third-order valence-corrected chi connectivity index (χ3v) is 3.92. The summed E-state index contributed by atoms with van der Waals surface area (Å²) in [4.78, 5) is 16.2. The molecule has 1 aliphatic rings. The van der Waals surface area contributed by atoms with Gasteiger partial charge in [0.2, 0.25) is 0 Å². The number of amides is 1. The minimum Gasteiger partial charge on any atom is -0.448 e. The predicted octanol–water partition coefficient (Wildman–Crippen LogP) is 1.83. The molecule has 0 atom stereocenters. The maximum atomic E-state index is 12.2. The Morgan fingerprint density at radius 3 is 2.73 bits per heavy atom. The van der Waals surface area contributed by atoms with Crippen molar-refractivity contribution in [2.24, 2.45) is 5.41 Å². The number of methoxy groups -OCH3 is 1. The number of carbonyl (C=O) groups excluding carboxylic acids is 1. The van der Waals surface area contributed by atoms with Gasteiger partial charge in [0.25, 0.3) is 5.91 Å². The van der Waals surface area contributed by atoms with Crippen LogP contribution in [0.5, 0.6) is 0 Å². The Bertz CT molecular complexity index is 443. The van der Waals surface area contributed by atoms with Crippen molar-refractivity contribution < 1.29 is 13.9 Å². The second-order valence-electron chi connectivity index (χ2n) is 5.34. The topological polar surface area (TPSA) is 76.4 Å². The molecule has 0 unspecified atom stereocenters. The number of aromatic nitrogens is 1. The highest BCUT2D eigenvalue weighted by molar-refractivity contribution is 5.93. The Labute approximate surface area is 143 Å². The normalized spacial score (nSPS) is 16.3. The number of aryl methyl sites for hydroxylation is 1. The molecule has 1 fully saturated rings. The highest BCUT2D eigenvalue weighted by Crippen LogP contribution is 2.28. The van der Waals surface area contributed by atoms with E-state index in [0.717, 1.165) is 25.9 Å². The molecule has 2 heterocycles. The van der Waals surface area contributed by atoms with Gasteiger partial charge < -0.3 is 19.8 Å². The van der Waals surface area contributed by atoms with E-state index in [2.05, 4.69) is 15.6 Å². The van der Waals surface area contributed by atoms with Crippen molar-refractivity contribution in [2.75, 3.05) is 33.4 Å². The zero-order valence-electron chi connectivity index (χ0n) is 13.0. The lowest BCUT2D eigenvalue weighted by Gasteiger charge is -2.37. The first kappa shape index (κ1) is 21.2. The van der Waals surface area contributed by atoms with E-state index in [1.807, 2.05) is 6.92 Å². The summed E-state index contributed by atoms with van der Waals surface area (Å²) in [7, 11) is 1.71. The van der Waals surface area contributed by atoms with Crippen LogP contribution in [0, 0.1) is 5.41 Å². The summed E-state index contributed by atoms with van der Waals surface area (Å²) in [5.74, 6) is 0.471. The molecule has 0 saturated carbocycles. The minimum atomic E-state index is -0.162. The SMILES string of the molecule is CCc1ocnc1C(=O)NCC1(COC)CCNCC1.Cl.Cl. The van der Waals surface area contributed by atoms with Crippen LogP contribution >= 0.6 is 24.8 Å². The molecule has 6 nitrogen and oxygen atoms in total. The molecular weight excluding hydrogens is 329 g/mol. The molecule has 1 amide bonds. The van der Waals surface area contributed by atoms with Gasteiger partial charge in [0.05, 0.1) is 6.61 Å². The summed E-state index contributed by atoms with van der Waals surface area (Å²) in [5, 5.41) is 6.32. The molecule has 2 rings (SSSR count). The summed E-state index contributed by atoms with van der Waals surface area (Å²) in [6.07, 6.45) is 3.99. The van der Waals surface area contributed by atoms with Crippen molar-refractivity contribution in [3.05, 3.63) is 17.8 Å². The Hall–Kier alpha value is -0.820. The molecule has 2 N–H and O–H groups in total. The van der Waals surface area contributed by atoms with Crippen molar-refractivity contribution in [1.82, 2.24) is 15.6 Å². The number of rotatable bonds is 6. The van der Waals surface area contributed by atoms with Gasteiger partial charge in [-0.15, -0.1) is 24.8 Å². The van der Waals surface area contributed by atoms with Crippen LogP contribution in [0.15, 0.2) is 10.8 Å². The second kappa shape index (κ2) is 10.0. The zero-order chi connectivity index (χ0) is 14.4. The Kier molecular flexibility index (Phi) is 9.67. The molecule has 128 valence electrons. The van der Waals surface area contributed by atoms with Gasteiger partial charge in [0, 0.05) is 25.5 Å². The van der Waals surface area contributed by atoms with E-state index in [1.54, 1.807) is 7.11 Å². The van der Waals surface area contributed by atoms with E-state index in [-0.39, 0.29) is 36.1 Å². The second-order valence-corrected chi connectivity index (χ2v) is 5.34. The first-order valence-corrected chi connectivity index (χ1v) is 7.11. The van der Waals surface area contributed by atoms with Crippen LogP contribution in [0.3, 0.4) is 0 Å². The van der Waals surface area contributed by atoms with Crippen LogP contribution in [0.4, 0.5) is 0 Å². The van der Waals surface area contributed by atoms with Gasteiger partial charge in [-0.3, -0.25) is 4.79 Å². The average Bonchev–Trinajstić information content (AvgIpc) is 2.95. The Morgan fingerprint density at radius 2 is 2.14 bits per heavy atom. The molecule has 1 aromatic heterocycles. The van der Waals surface area contributed by atoms with Crippen LogP contribution in [-0.4, -0.2) is 44.2 Å². The highest BCUT2D eigenvalue weighted by Gasteiger charge is 2.33. The number of nitrogens with zero attached hydrogens (tertiary/aromatic N) is 1. The summed E-state index contributed by atoms with van der Waals surface area (Å²) in [6.45, 7) is 5.13. The van der Waals surface area contributed by atoms with Crippen molar-refractivity contribution in [3.63, 3.8) is 0 Å². The number of hydrogen-bond acceptors (Lipinski definition) is 5. The lowest BCUT2D eigenvalue weighted by Crippen LogP contribution is -2.47. The lowest BCUT2D eigenvalue weighted by atomic mass is 9.79. The molecule has 0 aromatic carbocycles. The first-order chi connectivity index (χ1) is 9.71. The molecule has 1 aromatic rings. The van der Waals surface area contributed by atoms with Gasteiger partial charge in [-0.25, -0.2) is 4.98 Å². The fourth-order valence-corrected chi connectivity index (χ4v) is 2.69. The number of oxazole rings is 1. The zero-order valence-corrected chi connectivity index (χ0v) is 14.6. The molecule has 0 radical (unpaired) electrons. The van der Waals surface area contributed by atoms with E-state index in [0.29, 0.717) is 31.0 Å². The first-order valence-electron chi connectivity index (χ1n) is 7.11. The van der Waals surface area contributed by atoms with Crippen molar-refractivity contribution >= 4 is 30.7 Å². The Balaban J connectivity index is 0.00000220. The molecule has 0 spiro atoms. The summed E-state index contributed by atoms with van der Waals surface area (Å²) in [5.41, 5.74) is 0.417. The van der Waals surface area contributed by atoms with Gasteiger partial charge >= 0.3 is 0 Å². The van der Waals surface area contributed by atoms with E-state index < -0.39 is 0 Å². The van der Waals surface area contributed by atoms with Crippen molar-refractivity contribution in [3.8, 4) is 0 Å². The minimum absolute atomic E-state index is 0. The van der Waals surface area contributed by atoms with Crippen LogP contribution < -0.4 is 10.6 Å². The number of piperidine rings is 1. The van der Waals surface area contributed by atoms with Crippen LogP contribution in [0.2, 0.25) is 0 Å². The molecular formula is C14H25Cl2N3O3. The molecule has 8 heteroatoms. The van der Waals surface area contributed by atoms with Gasteiger partial charge in [-0.1, -0.05) is 6.92 Å². The molecule has 22 heavy (non-hydrogen) atoms. The van der Waals surface area contributed by atoms with Crippen molar-refractivity contribution in [2.45, 2.75) is 26.2 Å². The van der Waals surface area contributed by atoms with E-state index in [4.69, 9.17) is 9.15 Å². The average molecular weight is 354 g/mol. The summed E-state index contributed by atoms with van der Waals surface area (Å²) in [6, 6.07) is 0. The monoisotopic (exact) mass is 353 g/mol. The standard InChI is InChI=1S/C14H23N3O3.2ClH/c1-3-11-12(17-10-20-11)13(18)16-8-14(9-19-2)4-6-15-7-5-14;;/h10,15H,3-9H2,1-2H3,(H,16,18);2*1H. The van der Waals surface area contributed by atoms with Gasteiger partial charge in [0.1, 0.15) is 5.76 Å². The van der Waals surface area contributed by atoms with E-state index >= 15 is 0 Å². The van der Waals surface area contributed by atoms with Gasteiger partial charge in [-0.2, -0.15) is 0 Å². The maximum absolute atomic E-state index is 12.2. The highest BCUT2D eigenvalue weighted by atomic mass is 35.5. The number of hydrogen-bond donors (Lipinski definition) is 2. The molecule has 0 bridgehead atoms. The fraction of sp³-hybridized carbons (Fsp3) is 0.714. The van der Waals surface area contributed by atoms with Crippen LogP contribution in [-0.2, 0) is 11.2 Å². The van der Waals surface area contributed by atoms with E-state index in [1.165, 1.54) is 6.39 Å². The number of ether oxygens (including phenoxy) is 1. The smallest absolute Gasteiger partial charge is 0.273 e. The third kappa shape index (κ3) is 5.12. The quantitative estimate of drug-likeness (QED) is 0.815. The molecule has 1 aliphatic heterocycles. The third-order valence-electron chi connectivity index (χ3n) is 3.92. The molecule has 0 aliphatic carbocycles. The van der Waals surface area contributed by atoms with Gasteiger partial charge in [0.15, 0.2) is 12.1 Å². The van der Waals surface area contributed by atoms with Crippen LogP contribution in [0.1, 0.15) is 36.0 Å². The van der Waals surface area contributed by atoms with Gasteiger partial charge in [-0.05, 0) is 25.9 Å². The number of nitrogens with one attached hydrogen (secondary N) is 2. The van der Waals surface area contributed by atoms with E-state index in [9.17, 15) is 4.79 Å². The molecule has 1 saturated heterocycles. The number of carbonyl (C=O) groups is 1. The summed E-state index contributed by atoms with van der Waals surface area (Å²) < 4.78 is 10.5. The number of halogens is 2. The fourth-order valence-electron chi connectivity index (χ4n) is 2.69. The van der Waals surface area contributed by atoms with Crippen LogP contribution in [0.25, 0.3) is 0 Å². The lowest BCUT2D eigenvalue weighted by molar-refractivity contribution is 0.0510. The largest absolute Gasteiger partial charge is 0.448 e. The predicted molar refractivity (Wildman–Crippen MR) is 89.1 cm³/mol. The summed E-state index contributed by atoms with van der Waals surface area (Å²) >= 11 is 0. The maximum Gasteiger partial charge on any atom is 0.273 e. The van der Waals surface area contributed by atoms with Crippen molar-refractivity contribution in [1.29, 1.82) is 0 Å².